The van der Waals surface area contributed by atoms with Crippen LogP contribution in [0.5, 0.6) is 5.88 Å². The number of nitrogens with zero attached hydrogens (tertiary/aromatic N) is 8. The Bertz CT molecular complexity index is 1500. The van der Waals surface area contributed by atoms with Crippen LogP contribution in [-0.2, 0) is 29.0 Å². The second-order valence-electron chi connectivity index (χ2n) is 13.1. The zero-order chi connectivity index (χ0) is 30.7. The minimum absolute atomic E-state index is 0.0419. The van der Waals surface area contributed by atoms with Crippen molar-refractivity contribution in [1.82, 2.24) is 19.8 Å². The van der Waals surface area contributed by atoms with Gasteiger partial charge in [-0.15, -0.1) is 0 Å². The second kappa shape index (κ2) is 11.3. The predicted octanol–water partition coefficient (Wildman–Crippen LogP) is 2.46. The first-order valence-corrected chi connectivity index (χ1v) is 16.1. The summed E-state index contributed by atoms with van der Waals surface area (Å²) in [4.78, 5) is 49.4. The van der Waals surface area contributed by atoms with Gasteiger partial charge in [-0.1, -0.05) is 6.58 Å². The van der Waals surface area contributed by atoms with E-state index in [2.05, 4.69) is 46.3 Å². The number of rotatable bonds is 5. The highest BCUT2D eigenvalue weighted by Crippen LogP contribution is 2.48. The van der Waals surface area contributed by atoms with Crippen molar-refractivity contribution in [3.63, 3.8) is 0 Å². The van der Waals surface area contributed by atoms with Gasteiger partial charge >= 0.3 is 0 Å². The first-order valence-electron chi connectivity index (χ1n) is 16.1. The van der Waals surface area contributed by atoms with Crippen LogP contribution in [0.25, 0.3) is 0 Å². The molecule has 2 saturated heterocycles. The molecule has 5 aliphatic heterocycles. The van der Waals surface area contributed by atoms with Crippen LogP contribution in [0.15, 0.2) is 24.9 Å². The first kappa shape index (κ1) is 28.9. The highest BCUT2D eigenvalue weighted by molar-refractivity contribution is 6.08. The van der Waals surface area contributed by atoms with Crippen LogP contribution in [0.2, 0.25) is 0 Å². The SMILES string of the molecule is C=CC(=O)N1C[C@@H]2C(=O)N(C)c3c(OC[C@@H]4CCCN4C)nc4c(c3N2C[C@H]1C)CCN(c1ccnc2c1N(C)CCC2)C4. The lowest BCUT2D eigenvalue weighted by Gasteiger charge is -2.51. The van der Waals surface area contributed by atoms with Gasteiger partial charge in [0, 0.05) is 57.6 Å². The summed E-state index contributed by atoms with van der Waals surface area (Å²) in [6, 6.07) is 1.92. The number of piperazine rings is 1. The Morgan fingerprint density at radius 1 is 1.07 bits per heavy atom. The number of amides is 2. The molecule has 0 aliphatic carbocycles. The predicted molar refractivity (Wildman–Crippen MR) is 172 cm³/mol. The molecule has 234 valence electrons. The summed E-state index contributed by atoms with van der Waals surface area (Å²) in [5, 5.41) is 0. The van der Waals surface area contributed by atoms with E-state index in [1.165, 1.54) is 23.0 Å². The van der Waals surface area contributed by atoms with E-state index in [4.69, 9.17) is 14.7 Å². The summed E-state index contributed by atoms with van der Waals surface area (Å²) < 4.78 is 6.59. The molecule has 2 aromatic heterocycles. The molecule has 3 atom stereocenters. The van der Waals surface area contributed by atoms with E-state index in [9.17, 15) is 9.59 Å². The van der Waals surface area contributed by atoms with Crippen molar-refractivity contribution in [3.8, 4) is 5.88 Å². The third kappa shape index (κ3) is 4.67. The van der Waals surface area contributed by atoms with Crippen molar-refractivity contribution in [2.24, 2.45) is 0 Å². The molecule has 2 fully saturated rings. The number of ether oxygens (including phenoxy) is 1. The van der Waals surface area contributed by atoms with Crippen molar-refractivity contribution in [3.05, 3.63) is 41.9 Å². The van der Waals surface area contributed by atoms with Crippen molar-refractivity contribution in [2.75, 3.05) is 80.1 Å². The highest BCUT2D eigenvalue weighted by Gasteiger charge is 2.47. The number of likely N-dealkylation sites (tertiary alicyclic amines) is 1. The molecule has 2 aromatic rings. The van der Waals surface area contributed by atoms with Gasteiger partial charge in [0.1, 0.15) is 18.3 Å². The number of pyridine rings is 2. The Balaban J connectivity index is 1.30. The lowest BCUT2D eigenvalue weighted by atomic mass is 9.94. The normalized spacial score (nSPS) is 25.0. The van der Waals surface area contributed by atoms with Crippen molar-refractivity contribution in [2.45, 2.75) is 63.7 Å². The summed E-state index contributed by atoms with van der Waals surface area (Å²) >= 11 is 0. The van der Waals surface area contributed by atoms with E-state index in [0.717, 1.165) is 74.5 Å². The molecular formula is C33H44N8O3. The lowest BCUT2D eigenvalue weighted by Crippen LogP contribution is -2.65. The van der Waals surface area contributed by atoms with Crippen LogP contribution in [-0.4, -0.2) is 110 Å². The standard InChI is InChI=1S/C33H44N8O3/c1-6-28(42)40-19-27-33(43)38(5)31-29(41(27)17-21(40)2)23-12-16-39(26-11-13-34-24-10-8-15-37(4)30(24)26)18-25(23)35-32(31)44-20-22-9-7-14-36(22)3/h6,11,13,21-22,27H,1,7-10,12,14-20H2,2-5H3/t21-,22+,27-/m1/s1. The molecule has 0 aromatic carbocycles. The fourth-order valence-electron chi connectivity index (χ4n) is 7.93. The van der Waals surface area contributed by atoms with Crippen LogP contribution in [0, 0.1) is 0 Å². The molecule has 0 bridgehead atoms. The second-order valence-corrected chi connectivity index (χ2v) is 13.1. The lowest BCUT2D eigenvalue weighted by molar-refractivity contribution is -0.130. The van der Waals surface area contributed by atoms with Gasteiger partial charge in [0.2, 0.25) is 11.8 Å². The number of aryl methyl sites for hydroxylation is 1. The molecule has 0 radical (unpaired) electrons. The number of aromatic nitrogens is 2. The number of hydrogen-bond acceptors (Lipinski definition) is 9. The maximum Gasteiger partial charge on any atom is 0.251 e. The summed E-state index contributed by atoms with van der Waals surface area (Å²) in [6.45, 7) is 10.7. The topological polar surface area (TPSA) is 88.6 Å². The van der Waals surface area contributed by atoms with Gasteiger partial charge in [-0.3, -0.25) is 14.6 Å². The van der Waals surface area contributed by atoms with Crippen LogP contribution in [0.4, 0.5) is 22.7 Å². The van der Waals surface area contributed by atoms with Gasteiger partial charge in [-0.05, 0) is 64.8 Å². The van der Waals surface area contributed by atoms with Crippen molar-refractivity contribution < 1.29 is 14.3 Å². The number of carbonyl (C=O) groups is 2. The first-order chi connectivity index (χ1) is 21.3. The zero-order valence-electron chi connectivity index (χ0n) is 26.5. The summed E-state index contributed by atoms with van der Waals surface area (Å²) in [5.41, 5.74) is 7.56. The van der Waals surface area contributed by atoms with Gasteiger partial charge in [0.15, 0.2) is 0 Å². The van der Waals surface area contributed by atoms with Gasteiger partial charge in [0.25, 0.3) is 5.91 Å². The molecule has 7 heterocycles. The molecular weight excluding hydrogens is 556 g/mol. The number of fused-ring (bicyclic) bond motifs is 6. The van der Waals surface area contributed by atoms with Gasteiger partial charge < -0.3 is 34.1 Å². The van der Waals surface area contributed by atoms with Crippen molar-refractivity contribution in [1.29, 1.82) is 0 Å². The average Bonchev–Trinajstić information content (AvgIpc) is 3.45. The maximum atomic E-state index is 13.9. The highest BCUT2D eigenvalue weighted by atomic mass is 16.5. The molecule has 0 N–H and O–H groups in total. The smallest absolute Gasteiger partial charge is 0.251 e. The third-order valence-electron chi connectivity index (χ3n) is 10.4. The van der Waals surface area contributed by atoms with Gasteiger partial charge in [-0.25, -0.2) is 4.98 Å². The number of likely N-dealkylation sites (N-methyl/N-ethyl adjacent to an activating group) is 2. The number of hydrogen-bond donors (Lipinski definition) is 0. The summed E-state index contributed by atoms with van der Waals surface area (Å²) in [5.74, 6) is 0.349. The molecule has 2 amide bonds. The largest absolute Gasteiger partial charge is 0.474 e. The van der Waals surface area contributed by atoms with Crippen LogP contribution >= 0.6 is 0 Å². The molecule has 0 saturated carbocycles. The molecule has 11 heteroatoms. The fraction of sp³-hybridized carbons (Fsp3) is 0.576. The molecule has 0 unspecified atom stereocenters. The summed E-state index contributed by atoms with van der Waals surface area (Å²) in [7, 11) is 6.13. The third-order valence-corrected chi connectivity index (χ3v) is 10.4. The van der Waals surface area contributed by atoms with Gasteiger partial charge in [0.05, 0.1) is 41.5 Å². The van der Waals surface area contributed by atoms with E-state index in [-0.39, 0.29) is 17.9 Å². The zero-order valence-corrected chi connectivity index (χ0v) is 26.5. The van der Waals surface area contributed by atoms with Crippen LogP contribution < -0.4 is 24.3 Å². The Hall–Kier alpha value is -3.86. The van der Waals surface area contributed by atoms with Crippen LogP contribution in [0.3, 0.4) is 0 Å². The Morgan fingerprint density at radius 3 is 2.68 bits per heavy atom. The minimum Gasteiger partial charge on any atom is -0.474 e. The fourth-order valence-corrected chi connectivity index (χ4v) is 7.93. The van der Waals surface area contributed by atoms with E-state index in [0.29, 0.717) is 38.2 Å². The molecule has 7 rings (SSSR count). The quantitative estimate of drug-likeness (QED) is 0.481. The molecule has 11 nitrogen and oxygen atoms in total. The maximum absolute atomic E-state index is 13.9. The van der Waals surface area contributed by atoms with E-state index >= 15 is 0 Å². The Morgan fingerprint density at radius 2 is 1.91 bits per heavy atom. The number of anilines is 4. The minimum atomic E-state index is -0.466. The molecule has 0 spiro atoms. The van der Waals surface area contributed by atoms with E-state index in [1.54, 1.807) is 9.80 Å². The number of carbonyl (C=O) groups excluding carboxylic acids is 2. The molecule has 44 heavy (non-hydrogen) atoms. The summed E-state index contributed by atoms with van der Waals surface area (Å²) in [6.07, 6.45) is 8.44. The molecule has 5 aliphatic rings. The Labute approximate surface area is 260 Å². The van der Waals surface area contributed by atoms with Crippen molar-refractivity contribution >= 4 is 34.6 Å². The Kier molecular flexibility index (Phi) is 7.39. The monoisotopic (exact) mass is 600 g/mol. The van der Waals surface area contributed by atoms with Gasteiger partial charge in [-0.2, -0.15) is 0 Å². The van der Waals surface area contributed by atoms with E-state index in [1.807, 2.05) is 20.2 Å². The van der Waals surface area contributed by atoms with Crippen LogP contribution in [0.1, 0.15) is 43.1 Å². The average molecular weight is 601 g/mol. The van der Waals surface area contributed by atoms with E-state index < -0.39 is 6.04 Å².